The van der Waals surface area contributed by atoms with Gasteiger partial charge in [-0.15, -0.1) is 0 Å². The zero-order valence-electron chi connectivity index (χ0n) is 10.1. The number of halogens is 3. The predicted molar refractivity (Wildman–Crippen MR) is 66.3 cm³/mol. The molecule has 19 heavy (non-hydrogen) atoms. The Morgan fingerprint density at radius 1 is 1.05 bits per heavy atom. The van der Waals surface area contributed by atoms with Crippen molar-refractivity contribution in [1.29, 1.82) is 5.26 Å². The van der Waals surface area contributed by atoms with Crippen LogP contribution in [0.3, 0.4) is 0 Å². The summed E-state index contributed by atoms with van der Waals surface area (Å²) in [6.45, 7) is 1.75. The van der Waals surface area contributed by atoms with Crippen LogP contribution in [0.2, 0.25) is 0 Å². The van der Waals surface area contributed by atoms with E-state index >= 15 is 0 Å². The van der Waals surface area contributed by atoms with Crippen molar-refractivity contribution in [2.24, 2.45) is 0 Å². The quantitative estimate of drug-likeness (QED) is 0.738. The van der Waals surface area contributed by atoms with E-state index in [1.807, 2.05) is 6.07 Å². The summed E-state index contributed by atoms with van der Waals surface area (Å²) in [5, 5.41) is 8.89. The van der Waals surface area contributed by atoms with Gasteiger partial charge in [-0.2, -0.15) is 18.4 Å². The van der Waals surface area contributed by atoms with Gasteiger partial charge in [0, 0.05) is 0 Å². The summed E-state index contributed by atoms with van der Waals surface area (Å²) in [6.07, 6.45) is -4.41. The molecule has 0 aliphatic heterocycles. The van der Waals surface area contributed by atoms with Gasteiger partial charge in [0.25, 0.3) is 0 Å². The first-order valence-electron chi connectivity index (χ1n) is 5.60. The SMILES string of the molecule is Cc1cc(C#N)cc(-c2ccccc2C(F)(F)F)c1. The summed E-state index contributed by atoms with van der Waals surface area (Å²) in [7, 11) is 0. The molecule has 2 aromatic carbocycles. The van der Waals surface area contributed by atoms with E-state index in [-0.39, 0.29) is 5.56 Å². The Morgan fingerprint density at radius 2 is 1.74 bits per heavy atom. The molecule has 2 aromatic rings. The number of aryl methyl sites for hydroxylation is 1. The van der Waals surface area contributed by atoms with Crippen molar-refractivity contribution in [1.82, 2.24) is 0 Å². The first-order chi connectivity index (χ1) is 8.91. The van der Waals surface area contributed by atoms with Gasteiger partial charge < -0.3 is 0 Å². The first kappa shape index (κ1) is 13.2. The second-order valence-corrected chi connectivity index (χ2v) is 4.24. The molecule has 0 saturated carbocycles. The number of alkyl halides is 3. The highest BCUT2D eigenvalue weighted by molar-refractivity contribution is 5.70. The van der Waals surface area contributed by atoms with Crippen LogP contribution >= 0.6 is 0 Å². The van der Waals surface area contributed by atoms with Crippen molar-refractivity contribution in [3.63, 3.8) is 0 Å². The molecule has 0 aliphatic carbocycles. The average molecular weight is 261 g/mol. The van der Waals surface area contributed by atoms with Crippen molar-refractivity contribution in [2.75, 3.05) is 0 Å². The molecule has 96 valence electrons. The van der Waals surface area contributed by atoms with Gasteiger partial charge in [-0.3, -0.25) is 0 Å². The van der Waals surface area contributed by atoms with Gasteiger partial charge in [0.05, 0.1) is 17.2 Å². The first-order valence-corrected chi connectivity index (χ1v) is 5.60. The number of hydrogen-bond acceptors (Lipinski definition) is 1. The molecular weight excluding hydrogens is 251 g/mol. The third kappa shape index (κ3) is 2.76. The summed E-state index contributed by atoms with van der Waals surface area (Å²) < 4.78 is 38.9. The molecule has 0 spiro atoms. The summed E-state index contributed by atoms with van der Waals surface area (Å²) in [5.41, 5.74) is 0.919. The number of nitriles is 1. The zero-order chi connectivity index (χ0) is 14.0. The van der Waals surface area contributed by atoms with Crippen molar-refractivity contribution < 1.29 is 13.2 Å². The fraction of sp³-hybridized carbons (Fsp3) is 0.133. The normalized spacial score (nSPS) is 11.1. The molecule has 0 atom stereocenters. The van der Waals surface area contributed by atoms with Gasteiger partial charge in [-0.05, 0) is 41.8 Å². The number of nitrogens with zero attached hydrogens (tertiary/aromatic N) is 1. The fourth-order valence-corrected chi connectivity index (χ4v) is 1.99. The van der Waals surface area contributed by atoms with Crippen LogP contribution in [0, 0.1) is 18.3 Å². The topological polar surface area (TPSA) is 23.8 Å². The Bertz CT molecular complexity index is 651. The highest BCUT2D eigenvalue weighted by atomic mass is 19.4. The van der Waals surface area contributed by atoms with Gasteiger partial charge in [-0.1, -0.05) is 24.3 Å². The lowest BCUT2D eigenvalue weighted by Crippen LogP contribution is -2.06. The minimum Gasteiger partial charge on any atom is -0.192 e. The molecule has 0 saturated heterocycles. The van der Waals surface area contributed by atoms with E-state index < -0.39 is 11.7 Å². The smallest absolute Gasteiger partial charge is 0.192 e. The molecule has 0 bridgehead atoms. The second kappa shape index (κ2) is 4.77. The number of hydrogen-bond donors (Lipinski definition) is 0. The Hall–Kier alpha value is -2.28. The van der Waals surface area contributed by atoms with E-state index in [1.165, 1.54) is 18.2 Å². The third-order valence-corrected chi connectivity index (χ3v) is 2.75. The van der Waals surface area contributed by atoms with Gasteiger partial charge >= 0.3 is 6.18 Å². The summed E-state index contributed by atoms with van der Waals surface area (Å²) in [4.78, 5) is 0. The monoisotopic (exact) mass is 261 g/mol. The molecule has 2 rings (SSSR count). The minimum atomic E-state index is -4.41. The fourth-order valence-electron chi connectivity index (χ4n) is 1.99. The van der Waals surface area contributed by atoms with Gasteiger partial charge in [0.2, 0.25) is 0 Å². The van der Waals surface area contributed by atoms with Crippen LogP contribution in [0.15, 0.2) is 42.5 Å². The summed E-state index contributed by atoms with van der Waals surface area (Å²) >= 11 is 0. The third-order valence-electron chi connectivity index (χ3n) is 2.75. The van der Waals surface area contributed by atoms with E-state index in [9.17, 15) is 13.2 Å². The van der Waals surface area contributed by atoms with Crippen LogP contribution in [0.1, 0.15) is 16.7 Å². The van der Waals surface area contributed by atoms with Crippen molar-refractivity contribution in [3.05, 3.63) is 59.2 Å². The molecule has 0 N–H and O–H groups in total. The maximum absolute atomic E-state index is 13.0. The number of rotatable bonds is 1. The Kier molecular flexibility index (Phi) is 3.30. The lowest BCUT2D eigenvalue weighted by molar-refractivity contribution is -0.137. The minimum absolute atomic E-state index is 0.0928. The Balaban J connectivity index is 2.67. The van der Waals surface area contributed by atoms with Crippen molar-refractivity contribution in [3.8, 4) is 17.2 Å². The van der Waals surface area contributed by atoms with E-state index in [0.29, 0.717) is 11.1 Å². The largest absolute Gasteiger partial charge is 0.417 e. The number of benzene rings is 2. The zero-order valence-corrected chi connectivity index (χ0v) is 10.1. The van der Waals surface area contributed by atoms with E-state index in [1.54, 1.807) is 25.1 Å². The Labute approximate surface area is 108 Å². The molecule has 0 aliphatic rings. The van der Waals surface area contributed by atoms with Crippen LogP contribution in [-0.2, 0) is 6.18 Å². The van der Waals surface area contributed by atoms with Crippen LogP contribution in [0.4, 0.5) is 13.2 Å². The molecule has 0 heterocycles. The summed E-state index contributed by atoms with van der Waals surface area (Å²) in [5.74, 6) is 0. The molecule has 0 radical (unpaired) electrons. The van der Waals surface area contributed by atoms with Crippen LogP contribution in [-0.4, -0.2) is 0 Å². The second-order valence-electron chi connectivity index (χ2n) is 4.24. The molecule has 0 amide bonds. The Morgan fingerprint density at radius 3 is 2.37 bits per heavy atom. The van der Waals surface area contributed by atoms with E-state index in [0.717, 1.165) is 11.6 Å². The summed E-state index contributed by atoms with van der Waals surface area (Å²) in [6, 6.07) is 12.1. The van der Waals surface area contributed by atoms with Crippen molar-refractivity contribution >= 4 is 0 Å². The maximum atomic E-state index is 13.0. The van der Waals surface area contributed by atoms with Gasteiger partial charge in [-0.25, -0.2) is 0 Å². The van der Waals surface area contributed by atoms with Gasteiger partial charge in [0.1, 0.15) is 0 Å². The maximum Gasteiger partial charge on any atom is 0.417 e. The van der Waals surface area contributed by atoms with E-state index in [4.69, 9.17) is 5.26 Å². The van der Waals surface area contributed by atoms with Crippen LogP contribution in [0.5, 0.6) is 0 Å². The highest BCUT2D eigenvalue weighted by Gasteiger charge is 2.33. The molecule has 0 aromatic heterocycles. The molecule has 0 fully saturated rings. The van der Waals surface area contributed by atoms with Crippen molar-refractivity contribution in [2.45, 2.75) is 13.1 Å². The lowest BCUT2D eigenvalue weighted by atomic mass is 9.96. The lowest BCUT2D eigenvalue weighted by Gasteiger charge is -2.13. The van der Waals surface area contributed by atoms with Gasteiger partial charge in [0.15, 0.2) is 0 Å². The molecule has 4 heteroatoms. The molecule has 1 nitrogen and oxygen atoms in total. The average Bonchev–Trinajstić information content (AvgIpc) is 2.37. The predicted octanol–water partition coefficient (Wildman–Crippen LogP) is 4.55. The van der Waals surface area contributed by atoms with Crippen LogP contribution < -0.4 is 0 Å². The molecular formula is C15H10F3N. The van der Waals surface area contributed by atoms with E-state index in [2.05, 4.69) is 0 Å². The molecule has 0 unspecified atom stereocenters. The standard InChI is InChI=1S/C15H10F3N/c1-10-6-11(9-19)8-12(7-10)13-4-2-3-5-14(13)15(16,17)18/h2-8H,1H3. The highest BCUT2D eigenvalue weighted by Crippen LogP contribution is 2.37. The van der Waals surface area contributed by atoms with Crippen LogP contribution in [0.25, 0.3) is 11.1 Å².